The topological polar surface area (TPSA) is 41.6 Å². The van der Waals surface area contributed by atoms with Crippen LogP contribution in [0.5, 0.6) is 0 Å². The number of aromatic amines is 1. The first-order valence-electron chi connectivity index (χ1n) is 6.22. The summed E-state index contributed by atoms with van der Waals surface area (Å²) >= 11 is 0. The van der Waals surface area contributed by atoms with Crippen molar-refractivity contribution in [1.29, 1.82) is 0 Å². The van der Waals surface area contributed by atoms with Gasteiger partial charge >= 0.3 is 0 Å². The van der Waals surface area contributed by atoms with E-state index < -0.39 is 0 Å². The van der Waals surface area contributed by atoms with E-state index >= 15 is 0 Å². The summed E-state index contributed by atoms with van der Waals surface area (Å²) in [5.74, 6) is 0.323. The Morgan fingerprint density at radius 2 is 1.90 bits per heavy atom. The molecule has 2 heterocycles. The molecule has 1 unspecified atom stereocenters. The molecule has 0 spiro atoms. The van der Waals surface area contributed by atoms with E-state index in [9.17, 15) is 0 Å². The molecule has 0 aliphatic carbocycles. The van der Waals surface area contributed by atoms with Gasteiger partial charge in [0.25, 0.3) is 0 Å². The number of pyridine rings is 1. The third kappa shape index (κ3) is 2.94. The molecule has 0 amide bonds. The van der Waals surface area contributed by atoms with E-state index in [0.29, 0.717) is 5.92 Å². The highest BCUT2D eigenvalue weighted by molar-refractivity contribution is 5.85. The average molecular weight is 310 g/mol. The van der Waals surface area contributed by atoms with Crippen LogP contribution in [0.25, 0.3) is 10.9 Å². The van der Waals surface area contributed by atoms with E-state index in [4.69, 9.17) is 0 Å². The highest BCUT2D eigenvalue weighted by Crippen LogP contribution is 2.30. The lowest BCUT2D eigenvalue weighted by Crippen LogP contribution is -2.01. The van der Waals surface area contributed by atoms with Gasteiger partial charge in [0.05, 0.1) is 17.5 Å². The van der Waals surface area contributed by atoms with Crippen molar-refractivity contribution < 1.29 is 0 Å². The second kappa shape index (κ2) is 7.27. The van der Waals surface area contributed by atoms with Crippen LogP contribution in [0, 0.1) is 0 Å². The fourth-order valence-electron chi connectivity index (χ4n) is 2.47. The van der Waals surface area contributed by atoms with Crippen molar-refractivity contribution in [2.24, 2.45) is 0 Å². The number of fused-ring (bicyclic) bond motifs is 1. The highest BCUT2D eigenvalue weighted by atomic mass is 35.5. The summed E-state index contributed by atoms with van der Waals surface area (Å²) in [5.41, 5.74) is 3.44. The molecule has 1 aromatic carbocycles. The van der Waals surface area contributed by atoms with E-state index in [-0.39, 0.29) is 24.8 Å². The summed E-state index contributed by atoms with van der Waals surface area (Å²) in [6.45, 7) is 2.19. The van der Waals surface area contributed by atoms with Crippen molar-refractivity contribution in [2.45, 2.75) is 19.3 Å². The number of hydrogen-bond donors (Lipinski definition) is 1. The minimum absolute atomic E-state index is 0. The van der Waals surface area contributed by atoms with Gasteiger partial charge in [0.15, 0.2) is 0 Å². The second-order valence-corrected chi connectivity index (χ2v) is 4.37. The summed E-state index contributed by atoms with van der Waals surface area (Å²) < 4.78 is 0. The van der Waals surface area contributed by atoms with Crippen LogP contribution in [-0.2, 0) is 0 Å². The molecule has 2 aromatic heterocycles. The summed E-state index contributed by atoms with van der Waals surface area (Å²) in [5, 5.41) is 1.22. The maximum Gasteiger partial charge on any atom is 0.0923 e. The van der Waals surface area contributed by atoms with E-state index in [2.05, 4.69) is 46.1 Å². The van der Waals surface area contributed by atoms with Crippen LogP contribution < -0.4 is 0 Å². The van der Waals surface area contributed by atoms with Gasteiger partial charge in [-0.2, -0.15) is 0 Å². The Hall–Kier alpha value is -1.58. The first kappa shape index (κ1) is 16.5. The Balaban J connectivity index is 0.000001000. The van der Waals surface area contributed by atoms with E-state index in [0.717, 1.165) is 17.6 Å². The number of imidazole rings is 1. The van der Waals surface area contributed by atoms with Crippen LogP contribution >= 0.6 is 24.8 Å². The van der Waals surface area contributed by atoms with Crippen molar-refractivity contribution in [3.63, 3.8) is 0 Å². The van der Waals surface area contributed by atoms with E-state index in [1.807, 2.05) is 18.5 Å². The number of rotatable bonds is 3. The molecule has 0 aliphatic rings. The van der Waals surface area contributed by atoms with Crippen molar-refractivity contribution in [2.75, 3.05) is 0 Å². The molecule has 5 heteroatoms. The highest BCUT2D eigenvalue weighted by Gasteiger charge is 2.16. The summed E-state index contributed by atoms with van der Waals surface area (Å²) in [7, 11) is 0. The number of aromatic nitrogens is 3. The van der Waals surface area contributed by atoms with Gasteiger partial charge in [-0.25, -0.2) is 4.98 Å². The van der Waals surface area contributed by atoms with Crippen molar-refractivity contribution in [3.8, 4) is 0 Å². The minimum Gasteiger partial charge on any atom is -0.351 e. The van der Waals surface area contributed by atoms with Crippen LogP contribution in [0.15, 0.2) is 49.1 Å². The quantitative estimate of drug-likeness (QED) is 0.781. The SMILES string of the molecule is CCC(c1c[nH]cn1)c1ccnc2ccccc12.Cl.Cl. The maximum absolute atomic E-state index is 4.41. The van der Waals surface area contributed by atoms with Gasteiger partial charge in [-0.05, 0) is 24.1 Å². The minimum atomic E-state index is 0. The number of H-pyrrole nitrogens is 1. The summed E-state index contributed by atoms with van der Waals surface area (Å²) in [6.07, 6.45) is 6.62. The van der Waals surface area contributed by atoms with Gasteiger partial charge in [-0.1, -0.05) is 25.1 Å². The average Bonchev–Trinajstić information content (AvgIpc) is 2.94. The molecule has 0 radical (unpaired) electrons. The van der Waals surface area contributed by atoms with Gasteiger partial charge in [-0.3, -0.25) is 4.98 Å². The second-order valence-electron chi connectivity index (χ2n) is 4.37. The Labute approximate surface area is 130 Å². The normalized spacial score (nSPS) is 11.4. The number of nitrogens with zero attached hydrogens (tertiary/aromatic N) is 2. The lowest BCUT2D eigenvalue weighted by Gasteiger charge is -2.15. The molecule has 20 heavy (non-hydrogen) atoms. The molecule has 1 atom stereocenters. The Morgan fingerprint density at radius 3 is 2.60 bits per heavy atom. The van der Waals surface area contributed by atoms with E-state index in [1.165, 1.54) is 10.9 Å². The molecule has 0 fully saturated rings. The first-order valence-corrected chi connectivity index (χ1v) is 6.22. The van der Waals surface area contributed by atoms with Crippen molar-refractivity contribution in [1.82, 2.24) is 15.0 Å². The molecule has 0 saturated heterocycles. The fourth-order valence-corrected chi connectivity index (χ4v) is 2.47. The van der Waals surface area contributed by atoms with Crippen LogP contribution in [0.2, 0.25) is 0 Å². The Kier molecular flexibility index (Phi) is 5.99. The zero-order valence-electron chi connectivity index (χ0n) is 11.1. The lowest BCUT2D eigenvalue weighted by molar-refractivity contribution is 0.760. The number of nitrogens with one attached hydrogen (secondary N) is 1. The third-order valence-corrected chi connectivity index (χ3v) is 3.34. The third-order valence-electron chi connectivity index (χ3n) is 3.34. The molecule has 0 saturated carbocycles. The standard InChI is InChI=1S/C15H15N3.2ClH/c1-2-11(15-9-16-10-18-15)12-7-8-17-14-6-4-3-5-13(12)14;;/h3-11H,2H2,1H3,(H,16,18);2*1H. The van der Waals surface area contributed by atoms with Gasteiger partial charge in [0.2, 0.25) is 0 Å². The predicted octanol–water partition coefficient (Wildman–Crippen LogP) is 4.34. The summed E-state index contributed by atoms with van der Waals surface area (Å²) in [4.78, 5) is 11.8. The molecule has 0 bridgehead atoms. The van der Waals surface area contributed by atoms with Gasteiger partial charge < -0.3 is 4.98 Å². The molecular weight excluding hydrogens is 293 g/mol. The Bertz CT molecular complexity index is 648. The molecular formula is C15H17Cl2N3. The van der Waals surface area contributed by atoms with Crippen LogP contribution in [-0.4, -0.2) is 15.0 Å². The molecule has 1 N–H and O–H groups in total. The number of para-hydroxylation sites is 1. The maximum atomic E-state index is 4.41. The fraction of sp³-hybridized carbons (Fsp3) is 0.200. The van der Waals surface area contributed by atoms with Crippen molar-refractivity contribution >= 4 is 35.7 Å². The Morgan fingerprint density at radius 1 is 1.10 bits per heavy atom. The first-order chi connectivity index (χ1) is 8.90. The van der Waals surface area contributed by atoms with Crippen LogP contribution in [0.1, 0.15) is 30.5 Å². The zero-order chi connectivity index (χ0) is 12.4. The number of hydrogen-bond acceptors (Lipinski definition) is 2. The molecule has 3 rings (SSSR count). The zero-order valence-corrected chi connectivity index (χ0v) is 12.7. The molecule has 3 nitrogen and oxygen atoms in total. The lowest BCUT2D eigenvalue weighted by atomic mass is 9.91. The molecule has 106 valence electrons. The van der Waals surface area contributed by atoms with Crippen molar-refractivity contribution in [3.05, 3.63) is 60.3 Å². The van der Waals surface area contributed by atoms with Gasteiger partial charge in [0.1, 0.15) is 0 Å². The number of benzene rings is 1. The van der Waals surface area contributed by atoms with E-state index in [1.54, 1.807) is 6.33 Å². The predicted molar refractivity (Wildman–Crippen MR) is 87.0 cm³/mol. The molecule has 3 aromatic rings. The molecule has 0 aliphatic heterocycles. The monoisotopic (exact) mass is 309 g/mol. The smallest absolute Gasteiger partial charge is 0.0923 e. The number of halogens is 2. The van der Waals surface area contributed by atoms with Gasteiger partial charge in [-0.15, -0.1) is 24.8 Å². The van der Waals surface area contributed by atoms with Crippen LogP contribution in [0.4, 0.5) is 0 Å². The van der Waals surface area contributed by atoms with Gasteiger partial charge in [0, 0.05) is 23.7 Å². The largest absolute Gasteiger partial charge is 0.351 e. The van der Waals surface area contributed by atoms with Crippen LogP contribution in [0.3, 0.4) is 0 Å². The summed E-state index contributed by atoms with van der Waals surface area (Å²) in [6, 6.07) is 10.4.